The number of benzene rings is 1. The van der Waals surface area contributed by atoms with Crippen LogP contribution in [0.4, 0.5) is 9.52 Å². The summed E-state index contributed by atoms with van der Waals surface area (Å²) in [4.78, 5) is 19.0. The van der Waals surface area contributed by atoms with E-state index < -0.39 is 0 Å². The summed E-state index contributed by atoms with van der Waals surface area (Å²) in [6, 6.07) is 6.19. The molecule has 4 nitrogen and oxygen atoms in total. The molecule has 1 aromatic carbocycles. The van der Waals surface area contributed by atoms with Gasteiger partial charge in [0.25, 0.3) is 5.91 Å². The molecule has 0 fully saturated rings. The van der Waals surface area contributed by atoms with Gasteiger partial charge >= 0.3 is 0 Å². The molecule has 0 radical (unpaired) electrons. The van der Waals surface area contributed by atoms with Crippen molar-refractivity contribution in [2.45, 2.75) is 6.92 Å². The number of nitrogens with one attached hydrogen (secondary N) is 2. The Morgan fingerprint density at radius 1 is 1.47 bits per heavy atom. The molecule has 2 N–H and O–H groups in total. The average Bonchev–Trinajstić information content (AvgIpc) is 2.96. The zero-order valence-electron chi connectivity index (χ0n) is 10.0. The van der Waals surface area contributed by atoms with Gasteiger partial charge in [0, 0.05) is 16.3 Å². The molecule has 2 aromatic heterocycles. The van der Waals surface area contributed by atoms with E-state index in [0.29, 0.717) is 21.7 Å². The molecule has 0 unspecified atom stereocenters. The lowest BCUT2D eigenvalue weighted by atomic mass is 10.2. The van der Waals surface area contributed by atoms with Crippen LogP contribution in [0.1, 0.15) is 16.2 Å². The Hall–Kier alpha value is -2.21. The van der Waals surface area contributed by atoms with Crippen molar-refractivity contribution in [2.75, 3.05) is 5.32 Å². The van der Waals surface area contributed by atoms with Crippen LogP contribution in [0.25, 0.3) is 10.9 Å². The van der Waals surface area contributed by atoms with E-state index in [1.165, 1.54) is 23.5 Å². The molecule has 0 saturated carbocycles. The van der Waals surface area contributed by atoms with Crippen LogP contribution in [0, 0.1) is 12.7 Å². The molecule has 19 heavy (non-hydrogen) atoms. The number of rotatable bonds is 2. The topological polar surface area (TPSA) is 57.8 Å². The molecular weight excluding hydrogens is 265 g/mol. The summed E-state index contributed by atoms with van der Waals surface area (Å²) in [7, 11) is 0. The fraction of sp³-hybridized carbons (Fsp3) is 0.0769. The summed E-state index contributed by atoms with van der Waals surface area (Å²) in [5.41, 5.74) is 1.76. The molecule has 6 heteroatoms. The molecule has 96 valence electrons. The van der Waals surface area contributed by atoms with Crippen LogP contribution in [0.2, 0.25) is 0 Å². The predicted molar refractivity (Wildman–Crippen MR) is 73.1 cm³/mol. The van der Waals surface area contributed by atoms with Crippen LogP contribution in [-0.4, -0.2) is 15.9 Å². The van der Waals surface area contributed by atoms with E-state index in [0.717, 1.165) is 5.69 Å². The number of carbonyl (C=O) groups is 1. The second kappa shape index (κ2) is 4.47. The maximum Gasteiger partial charge on any atom is 0.273 e. The van der Waals surface area contributed by atoms with Crippen molar-refractivity contribution in [1.29, 1.82) is 0 Å². The Kier molecular flexibility index (Phi) is 2.79. The van der Waals surface area contributed by atoms with E-state index >= 15 is 0 Å². The summed E-state index contributed by atoms with van der Waals surface area (Å²) in [5, 5.41) is 5.46. The van der Waals surface area contributed by atoms with Crippen LogP contribution >= 0.6 is 11.3 Å². The average molecular weight is 275 g/mol. The predicted octanol–water partition coefficient (Wildman–Crippen LogP) is 3.32. The van der Waals surface area contributed by atoms with Gasteiger partial charge in [0.1, 0.15) is 11.5 Å². The largest absolute Gasteiger partial charge is 0.350 e. The zero-order valence-corrected chi connectivity index (χ0v) is 10.8. The Labute approximate surface area is 112 Å². The van der Waals surface area contributed by atoms with Gasteiger partial charge in [-0.1, -0.05) is 6.07 Å². The number of aromatic nitrogens is 2. The van der Waals surface area contributed by atoms with E-state index in [-0.39, 0.29) is 11.7 Å². The number of thiazole rings is 1. The molecule has 3 aromatic rings. The van der Waals surface area contributed by atoms with E-state index in [4.69, 9.17) is 0 Å². The van der Waals surface area contributed by atoms with Gasteiger partial charge in [-0.25, -0.2) is 9.37 Å². The van der Waals surface area contributed by atoms with Crippen LogP contribution in [0.5, 0.6) is 0 Å². The van der Waals surface area contributed by atoms with Gasteiger partial charge in [0.05, 0.1) is 5.69 Å². The summed E-state index contributed by atoms with van der Waals surface area (Å²) < 4.78 is 13.5. The minimum atomic E-state index is -0.349. The molecule has 3 rings (SSSR count). The number of hydrogen-bond donors (Lipinski definition) is 2. The normalized spacial score (nSPS) is 10.8. The molecule has 0 atom stereocenters. The third kappa shape index (κ3) is 2.22. The van der Waals surface area contributed by atoms with Crippen LogP contribution < -0.4 is 5.32 Å². The van der Waals surface area contributed by atoms with E-state index in [1.54, 1.807) is 12.1 Å². The number of anilines is 1. The third-order valence-corrected chi connectivity index (χ3v) is 3.57. The summed E-state index contributed by atoms with van der Waals surface area (Å²) in [6.45, 7) is 1.85. The first kappa shape index (κ1) is 11.9. The summed E-state index contributed by atoms with van der Waals surface area (Å²) in [5.74, 6) is -0.678. The Morgan fingerprint density at radius 3 is 3.00 bits per heavy atom. The maximum atomic E-state index is 13.5. The number of carbonyl (C=O) groups excluding carboxylic acids is 1. The van der Waals surface area contributed by atoms with Crippen molar-refractivity contribution in [3.05, 3.63) is 46.9 Å². The van der Waals surface area contributed by atoms with Crippen LogP contribution in [-0.2, 0) is 0 Å². The molecule has 0 spiro atoms. The van der Waals surface area contributed by atoms with Crippen LogP contribution in [0.15, 0.2) is 29.6 Å². The molecule has 0 aliphatic heterocycles. The number of aryl methyl sites for hydroxylation is 1. The van der Waals surface area contributed by atoms with Crippen molar-refractivity contribution < 1.29 is 9.18 Å². The number of halogens is 1. The molecule has 0 aliphatic rings. The number of nitrogens with zero attached hydrogens (tertiary/aromatic N) is 1. The van der Waals surface area contributed by atoms with Gasteiger partial charge in [-0.05, 0) is 25.1 Å². The number of fused-ring (bicyclic) bond motifs is 1. The summed E-state index contributed by atoms with van der Waals surface area (Å²) in [6.07, 6.45) is 0. The van der Waals surface area contributed by atoms with Gasteiger partial charge in [0.15, 0.2) is 5.13 Å². The van der Waals surface area contributed by atoms with Gasteiger partial charge in [-0.15, -0.1) is 11.3 Å². The van der Waals surface area contributed by atoms with Gasteiger partial charge in [-0.2, -0.15) is 0 Å². The van der Waals surface area contributed by atoms with Gasteiger partial charge < -0.3 is 4.98 Å². The first-order valence-corrected chi connectivity index (χ1v) is 6.52. The Morgan fingerprint density at radius 2 is 2.32 bits per heavy atom. The lowest BCUT2D eigenvalue weighted by molar-refractivity contribution is 0.102. The highest BCUT2D eigenvalue weighted by Crippen LogP contribution is 2.20. The molecule has 0 aliphatic carbocycles. The number of hydrogen-bond acceptors (Lipinski definition) is 3. The molecule has 1 amide bonds. The lowest BCUT2D eigenvalue weighted by Crippen LogP contribution is -2.11. The highest BCUT2D eigenvalue weighted by atomic mass is 32.1. The number of amides is 1. The quantitative estimate of drug-likeness (QED) is 0.753. The first-order valence-electron chi connectivity index (χ1n) is 5.64. The highest BCUT2D eigenvalue weighted by Gasteiger charge is 2.12. The SMILES string of the molecule is Cc1csc(NC(=O)c2cc3c(F)cccc3[nH]2)n1. The number of H-pyrrole nitrogens is 1. The smallest absolute Gasteiger partial charge is 0.273 e. The molecular formula is C13H10FN3OS. The molecule has 0 bridgehead atoms. The lowest BCUT2D eigenvalue weighted by Gasteiger charge is -1.97. The van der Waals surface area contributed by atoms with E-state index in [1.807, 2.05) is 12.3 Å². The van der Waals surface area contributed by atoms with E-state index in [9.17, 15) is 9.18 Å². The summed E-state index contributed by atoms with van der Waals surface area (Å²) >= 11 is 1.35. The van der Waals surface area contributed by atoms with Crippen molar-refractivity contribution in [2.24, 2.45) is 0 Å². The molecule has 2 heterocycles. The van der Waals surface area contributed by atoms with Crippen LogP contribution in [0.3, 0.4) is 0 Å². The standard InChI is InChI=1S/C13H10FN3OS/c1-7-6-19-13(15-7)17-12(18)11-5-8-9(14)3-2-4-10(8)16-11/h2-6,16H,1H3,(H,15,17,18). The minimum absolute atomic E-state index is 0.313. The second-order valence-corrected chi connectivity index (χ2v) is 4.99. The van der Waals surface area contributed by atoms with E-state index in [2.05, 4.69) is 15.3 Å². The maximum absolute atomic E-state index is 13.5. The zero-order chi connectivity index (χ0) is 13.4. The van der Waals surface area contributed by atoms with Gasteiger partial charge in [-0.3, -0.25) is 10.1 Å². The molecule has 0 saturated heterocycles. The fourth-order valence-corrected chi connectivity index (χ4v) is 2.50. The van der Waals surface area contributed by atoms with Crippen molar-refractivity contribution >= 4 is 33.3 Å². The van der Waals surface area contributed by atoms with Gasteiger partial charge in [0.2, 0.25) is 0 Å². The third-order valence-electron chi connectivity index (χ3n) is 2.70. The monoisotopic (exact) mass is 275 g/mol. The first-order chi connectivity index (χ1) is 9.13. The number of aromatic amines is 1. The Bertz CT molecular complexity index is 762. The highest BCUT2D eigenvalue weighted by molar-refractivity contribution is 7.13. The van der Waals surface area contributed by atoms with Crippen molar-refractivity contribution in [3.8, 4) is 0 Å². The second-order valence-electron chi connectivity index (χ2n) is 4.13. The minimum Gasteiger partial charge on any atom is -0.350 e. The van der Waals surface area contributed by atoms with Crippen molar-refractivity contribution in [1.82, 2.24) is 9.97 Å². The van der Waals surface area contributed by atoms with Crippen molar-refractivity contribution in [3.63, 3.8) is 0 Å². The Balaban J connectivity index is 1.91. The fourth-order valence-electron chi connectivity index (χ4n) is 1.82.